The lowest BCUT2D eigenvalue weighted by molar-refractivity contribution is -0.608. The molecule has 0 aliphatic rings. The second kappa shape index (κ2) is 8.53. The molecule has 25 heavy (non-hydrogen) atoms. The number of ether oxygens (including phenoxy) is 3. The molecule has 1 amide bonds. The molecule has 0 saturated heterocycles. The predicted molar refractivity (Wildman–Crippen MR) is 87.1 cm³/mol. The molecule has 0 atom stereocenters. The van der Waals surface area contributed by atoms with E-state index in [4.69, 9.17) is 14.2 Å². The summed E-state index contributed by atoms with van der Waals surface area (Å²) in [5.74, 6) is -0.224. The highest BCUT2D eigenvalue weighted by Gasteiger charge is 2.18. The lowest BCUT2D eigenvalue weighted by Crippen LogP contribution is -2.36. The third-order valence-electron chi connectivity index (χ3n) is 3.31. The average Bonchev–Trinajstić information content (AvgIpc) is 2.64. The van der Waals surface area contributed by atoms with Crippen molar-refractivity contribution in [2.24, 2.45) is 0 Å². The summed E-state index contributed by atoms with van der Waals surface area (Å²) in [6.45, 7) is -0.259. The van der Waals surface area contributed by atoms with Crippen molar-refractivity contribution < 1.29 is 28.5 Å². The van der Waals surface area contributed by atoms with E-state index in [0.29, 0.717) is 16.2 Å². The zero-order valence-corrected chi connectivity index (χ0v) is 13.9. The molecule has 0 saturated carbocycles. The van der Waals surface area contributed by atoms with Gasteiger partial charge in [-0.05, 0) is 23.8 Å². The van der Waals surface area contributed by atoms with Crippen LogP contribution >= 0.6 is 0 Å². The zero-order valence-electron chi connectivity index (χ0n) is 13.9. The Hall–Kier alpha value is -3.29. The first kappa shape index (κ1) is 18.1. The Balaban J connectivity index is 1.85. The molecule has 2 rings (SSSR count). The third-order valence-corrected chi connectivity index (χ3v) is 3.31. The van der Waals surface area contributed by atoms with Crippen LogP contribution in [-0.2, 0) is 16.1 Å². The van der Waals surface area contributed by atoms with Gasteiger partial charge in [0.25, 0.3) is 5.91 Å². The van der Waals surface area contributed by atoms with Crippen LogP contribution in [0.4, 0.5) is 0 Å². The normalized spacial score (nSPS) is 10.0. The summed E-state index contributed by atoms with van der Waals surface area (Å²) in [5, 5.41) is 14.0. The summed E-state index contributed by atoms with van der Waals surface area (Å²) in [4.78, 5) is 23.5. The lowest BCUT2D eigenvalue weighted by Gasteiger charge is -2.10. The summed E-state index contributed by atoms with van der Waals surface area (Å²) < 4.78 is 15.5. The van der Waals surface area contributed by atoms with E-state index >= 15 is 0 Å². The molecule has 132 valence electrons. The largest absolute Gasteiger partial charge is 0.618 e. The number of methoxy groups -OCH3 is 2. The molecular formula is C17H18N2O6. The van der Waals surface area contributed by atoms with E-state index in [9.17, 15) is 14.8 Å². The van der Waals surface area contributed by atoms with Crippen molar-refractivity contribution in [3.63, 3.8) is 0 Å². The van der Waals surface area contributed by atoms with Crippen molar-refractivity contribution in [1.82, 2.24) is 5.32 Å². The number of hydrogen-bond donors (Lipinski definition) is 1. The van der Waals surface area contributed by atoms with Crippen molar-refractivity contribution in [1.29, 1.82) is 0 Å². The van der Waals surface area contributed by atoms with Crippen molar-refractivity contribution in [2.75, 3.05) is 20.8 Å². The number of pyridine rings is 1. The topological polar surface area (TPSA) is 101 Å². The Morgan fingerprint density at radius 3 is 2.56 bits per heavy atom. The molecule has 1 N–H and O–H groups in total. The number of rotatable bonds is 7. The summed E-state index contributed by atoms with van der Waals surface area (Å²) >= 11 is 0. The van der Waals surface area contributed by atoms with Crippen LogP contribution in [-0.4, -0.2) is 32.7 Å². The van der Waals surface area contributed by atoms with Gasteiger partial charge < -0.3 is 24.7 Å². The Morgan fingerprint density at radius 1 is 1.12 bits per heavy atom. The van der Waals surface area contributed by atoms with Crippen LogP contribution in [0.3, 0.4) is 0 Å². The first-order valence-corrected chi connectivity index (χ1v) is 7.38. The second-order valence-corrected chi connectivity index (χ2v) is 4.95. The van der Waals surface area contributed by atoms with Crippen LogP contribution in [0.15, 0.2) is 42.6 Å². The number of carbonyl (C=O) groups excluding carboxylic acids is 2. The third kappa shape index (κ3) is 4.84. The number of nitrogens with zero attached hydrogens (tertiary/aromatic N) is 1. The molecule has 0 bridgehead atoms. The van der Waals surface area contributed by atoms with Gasteiger partial charge in [0.05, 0.1) is 14.2 Å². The predicted octanol–water partition coefficient (Wildman–Crippen LogP) is 0.810. The highest BCUT2D eigenvalue weighted by Crippen LogP contribution is 2.27. The van der Waals surface area contributed by atoms with Gasteiger partial charge >= 0.3 is 11.7 Å². The number of aromatic nitrogens is 1. The van der Waals surface area contributed by atoms with E-state index in [0.717, 1.165) is 5.56 Å². The van der Waals surface area contributed by atoms with Crippen molar-refractivity contribution in [2.45, 2.75) is 6.54 Å². The van der Waals surface area contributed by atoms with Crippen LogP contribution in [0.1, 0.15) is 16.1 Å². The van der Waals surface area contributed by atoms with Gasteiger partial charge in [0, 0.05) is 18.7 Å². The quantitative estimate of drug-likeness (QED) is 0.452. The molecule has 0 unspecified atom stereocenters. The van der Waals surface area contributed by atoms with E-state index in [1.165, 1.54) is 38.6 Å². The van der Waals surface area contributed by atoms with Gasteiger partial charge in [-0.2, -0.15) is 4.73 Å². The fourth-order valence-corrected chi connectivity index (χ4v) is 2.03. The fourth-order valence-electron chi connectivity index (χ4n) is 2.03. The monoisotopic (exact) mass is 346 g/mol. The molecule has 1 aromatic heterocycles. The minimum atomic E-state index is -0.864. The van der Waals surface area contributed by atoms with Crippen molar-refractivity contribution in [3.05, 3.63) is 59.1 Å². The summed E-state index contributed by atoms with van der Waals surface area (Å²) in [7, 11) is 3.05. The van der Waals surface area contributed by atoms with Crippen molar-refractivity contribution in [3.8, 4) is 11.5 Å². The van der Waals surface area contributed by atoms with E-state index in [-0.39, 0.29) is 12.2 Å². The molecule has 0 fully saturated rings. The van der Waals surface area contributed by atoms with Crippen molar-refractivity contribution >= 4 is 11.9 Å². The molecule has 0 aliphatic heterocycles. The van der Waals surface area contributed by atoms with Gasteiger partial charge in [0.2, 0.25) is 0 Å². The maximum Gasteiger partial charge on any atom is 0.405 e. The van der Waals surface area contributed by atoms with E-state index < -0.39 is 18.5 Å². The molecule has 1 aromatic carbocycles. The summed E-state index contributed by atoms with van der Waals surface area (Å²) in [6.07, 6.45) is 1.17. The number of hydrogen-bond acceptors (Lipinski definition) is 6. The van der Waals surface area contributed by atoms with Gasteiger partial charge in [-0.25, -0.2) is 4.79 Å². The Kier molecular flexibility index (Phi) is 6.16. The molecule has 0 radical (unpaired) electrons. The fraction of sp³-hybridized carbons (Fsp3) is 0.235. The maximum absolute atomic E-state index is 11.8. The number of esters is 1. The van der Waals surface area contributed by atoms with Gasteiger partial charge in [-0.3, -0.25) is 4.79 Å². The van der Waals surface area contributed by atoms with Crippen LogP contribution < -0.4 is 19.5 Å². The highest BCUT2D eigenvalue weighted by atomic mass is 16.5. The van der Waals surface area contributed by atoms with Crippen LogP contribution in [0.2, 0.25) is 0 Å². The molecule has 8 heteroatoms. The number of amides is 1. The molecule has 1 heterocycles. The van der Waals surface area contributed by atoms with Gasteiger partial charge in [0.1, 0.15) is 0 Å². The molecular weight excluding hydrogens is 328 g/mol. The van der Waals surface area contributed by atoms with Crippen LogP contribution in [0.5, 0.6) is 11.5 Å². The SMILES string of the molecule is COc1ccc(CNC(=O)COC(=O)c2cccc[n+]2[O-])cc1OC. The Morgan fingerprint density at radius 2 is 1.88 bits per heavy atom. The summed E-state index contributed by atoms with van der Waals surface area (Å²) in [6, 6.07) is 9.56. The minimum absolute atomic E-state index is 0.185. The Labute approximate surface area is 144 Å². The van der Waals surface area contributed by atoms with Crippen LogP contribution in [0, 0.1) is 5.21 Å². The Bertz CT molecular complexity index is 763. The maximum atomic E-state index is 11.8. The van der Waals surface area contributed by atoms with E-state index in [1.807, 2.05) is 0 Å². The van der Waals surface area contributed by atoms with Gasteiger partial charge in [-0.1, -0.05) is 6.07 Å². The zero-order chi connectivity index (χ0) is 18.2. The molecule has 2 aromatic rings. The number of nitrogens with one attached hydrogen (secondary N) is 1. The average molecular weight is 346 g/mol. The summed E-state index contributed by atoms with van der Waals surface area (Å²) in [5.41, 5.74) is 0.605. The van der Waals surface area contributed by atoms with E-state index in [1.54, 1.807) is 18.2 Å². The van der Waals surface area contributed by atoms with E-state index in [2.05, 4.69) is 5.32 Å². The minimum Gasteiger partial charge on any atom is -0.618 e. The highest BCUT2D eigenvalue weighted by molar-refractivity contribution is 5.88. The molecule has 0 aliphatic carbocycles. The number of benzene rings is 1. The standard InChI is InChI=1S/C17H18N2O6/c1-23-14-7-6-12(9-15(14)24-2)10-18-16(20)11-25-17(21)13-5-3-4-8-19(13)22/h3-9H,10-11H2,1-2H3,(H,18,20). The first-order valence-electron chi connectivity index (χ1n) is 7.38. The molecule has 0 spiro atoms. The number of carbonyl (C=O) groups is 2. The van der Waals surface area contributed by atoms with Gasteiger partial charge in [-0.15, -0.1) is 0 Å². The first-order chi connectivity index (χ1) is 12.0. The second-order valence-electron chi connectivity index (χ2n) is 4.95. The smallest absolute Gasteiger partial charge is 0.405 e. The lowest BCUT2D eigenvalue weighted by atomic mass is 10.2. The van der Waals surface area contributed by atoms with Gasteiger partial charge in [0.15, 0.2) is 24.3 Å². The molecule has 8 nitrogen and oxygen atoms in total. The van der Waals surface area contributed by atoms with Crippen LogP contribution in [0.25, 0.3) is 0 Å².